The van der Waals surface area contributed by atoms with Gasteiger partial charge in [-0.25, -0.2) is 0 Å². The number of nitrogens with zero attached hydrogens (tertiary/aromatic N) is 1. The second-order valence-electron chi connectivity index (χ2n) is 2.95. The van der Waals surface area contributed by atoms with E-state index < -0.39 is 0 Å². The Kier molecular flexibility index (Phi) is 6.68. The first kappa shape index (κ1) is 12.5. The lowest BCUT2D eigenvalue weighted by molar-refractivity contribution is -0.127. The van der Waals surface area contributed by atoms with Crippen molar-refractivity contribution in [2.24, 2.45) is 0 Å². The van der Waals surface area contributed by atoms with Crippen LogP contribution in [0.2, 0.25) is 0 Å². The van der Waals surface area contributed by atoms with Gasteiger partial charge in [-0.1, -0.05) is 25.1 Å². The maximum Gasteiger partial charge on any atom is 0.232 e. The first-order valence-corrected chi connectivity index (χ1v) is 5.43. The Morgan fingerprint density at radius 3 is 2.46 bits per heavy atom. The van der Waals surface area contributed by atoms with Crippen molar-refractivity contribution >= 4 is 22.8 Å². The van der Waals surface area contributed by atoms with Gasteiger partial charge in [0, 0.05) is 20.5 Å². The van der Waals surface area contributed by atoms with Crippen molar-refractivity contribution in [2.75, 3.05) is 19.3 Å². The molecule has 0 saturated carbocycles. The van der Waals surface area contributed by atoms with E-state index >= 15 is 0 Å². The van der Waals surface area contributed by atoms with Crippen molar-refractivity contribution in [3.05, 3.63) is 0 Å². The van der Waals surface area contributed by atoms with E-state index in [9.17, 15) is 9.59 Å². The molecule has 0 aromatic heterocycles. The van der Waals surface area contributed by atoms with Crippen molar-refractivity contribution < 1.29 is 9.59 Å². The number of thioether (sulfide) groups is 1. The molecule has 0 saturated heterocycles. The van der Waals surface area contributed by atoms with Gasteiger partial charge in [-0.3, -0.25) is 9.59 Å². The number of hydrogen-bond acceptors (Lipinski definition) is 3. The van der Waals surface area contributed by atoms with Crippen LogP contribution >= 0.6 is 11.8 Å². The van der Waals surface area contributed by atoms with Gasteiger partial charge in [-0.2, -0.15) is 0 Å². The first-order chi connectivity index (χ1) is 6.07. The number of carbonyl (C=O) groups excluding carboxylic acids is 2. The van der Waals surface area contributed by atoms with E-state index in [1.807, 2.05) is 0 Å². The molecule has 0 aliphatic carbocycles. The summed E-state index contributed by atoms with van der Waals surface area (Å²) in [6, 6.07) is 0. The zero-order valence-corrected chi connectivity index (χ0v) is 9.32. The summed E-state index contributed by atoms with van der Waals surface area (Å²) in [5.41, 5.74) is 0. The van der Waals surface area contributed by atoms with Crippen molar-refractivity contribution in [3.8, 4) is 0 Å². The molecular weight excluding hydrogens is 186 g/mol. The van der Waals surface area contributed by atoms with E-state index in [2.05, 4.69) is 6.92 Å². The monoisotopic (exact) mass is 203 g/mol. The number of amides is 1. The first-order valence-electron chi connectivity index (χ1n) is 4.45. The smallest absolute Gasteiger partial charge is 0.232 e. The zero-order chi connectivity index (χ0) is 10.3. The zero-order valence-electron chi connectivity index (χ0n) is 8.50. The van der Waals surface area contributed by atoms with Crippen LogP contribution in [0.5, 0.6) is 0 Å². The van der Waals surface area contributed by atoms with Crippen LogP contribution in [0.25, 0.3) is 0 Å². The molecule has 0 aliphatic heterocycles. The summed E-state index contributed by atoms with van der Waals surface area (Å²) in [7, 11) is 1.78. The third-order valence-electron chi connectivity index (χ3n) is 1.67. The molecular formula is C9H17NO2S. The lowest BCUT2D eigenvalue weighted by atomic mass is 10.3. The number of carbonyl (C=O) groups is 2. The standard InChI is InChI=1S/C9H17NO2S/c1-4-5-6-10(3)9(12)7-13-8(2)11/h4-7H2,1-3H3. The molecule has 0 N–H and O–H groups in total. The van der Waals surface area contributed by atoms with Gasteiger partial charge >= 0.3 is 0 Å². The Labute approximate surface area is 83.9 Å². The molecule has 0 aromatic carbocycles. The van der Waals surface area contributed by atoms with Gasteiger partial charge in [0.25, 0.3) is 0 Å². The molecule has 0 fully saturated rings. The maximum atomic E-state index is 11.3. The molecule has 13 heavy (non-hydrogen) atoms. The molecule has 0 aromatic rings. The van der Waals surface area contributed by atoms with Crippen LogP contribution in [0.3, 0.4) is 0 Å². The van der Waals surface area contributed by atoms with Crippen molar-refractivity contribution in [1.82, 2.24) is 4.90 Å². The van der Waals surface area contributed by atoms with Crippen molar-refractivity contribution in [3.63, 3.8) is 0 Å². The summed E-state index contributed by atoms with van der Waals surface area (Å²) in [5, 5.41) is -0.00255. The molecule has 4 heteroatoms. The van der Waals surface area contributed by atoms with Crippen molar-refractivity contribution in [2.45, 2.75) is 26.7 Å². The number of unbranched alkanes of at least 4 members (excludes halogenated alkanes) is 1. The van der Waals surface area contributed by atoms with Crippen LogP contribution in [-0.4, -0.2) is 35.3 Å². The summed E-state index contributed by atoms with van der Waals surface area (Å²) >= 11 is 1.07. The largest absolute Gasteiger partial charge is 0.345 e. The van der Waals surface area contributed by atoms with Crippen LogP contribution in [0.15, 0.2) is 0 Å². The lowest BCUT2D eigenvalue weighted by Gasteiger charge is -2.15. The Balaban J connectivity index is 3.63. The fraction of sp³-hybridized carbons (Fsp3) is 0.778. The van der Waals surface area contributed by atoms with Gasteiger partial charge in [0.2, 0.25) is 5.91 Å². The fourth-order valence-electron chi connectivity index (χ4n) is 0.794. The summed E-state index contributed by atoms with van der Waals surface area (Å²) in [6.07, 6.45) is 2.10. The van der Waals surface area contributed by atoms with Crippen LogP contribution in [0.1, 0.15) is 26.7 Å². The van der Waals surface area contributed by atoms with E-state index in [0.29, 0.717) is 0 Å². The average Bonchev–Trinajstić information content (AvgIpc) is 2.10. The Bertz CT molecular complexity index is 182. The lowest BCUT2D eigenvalue weighted by Crippen LogP contribution is -2.29. The Morgan fingerprint density at radius 2 is 2.00 bits per heavy atom. The normalized spacial score (nSPS) is 9.77. The van der Waals surface area contributed by atoms with Crippen LogP contribution in [-0.2, 0) is 9.59 Å². The van der Waals surface area contributed by atoms with E-state index in [-0.39, 0.29) is 16.8 Å². The Morgan fingerprint density at radius 1 is 1.38 bits per heavy atom. The van der Waals surface area contributed by atoms with Crippen molar-refractivity contribution in [1.29, 1.82) is 0 Å². The second-order valence-corrected chi connectivity index (χ2v) is 4.10. The predicted molar refractivity (Wildman–Crippen MR) is 55.7 cm³/mol. The van der Waals surface area contributed by atoms with E-state index in [1.165, 1.54) is 6.92 Å². The van der Waals surface area contributed by atoms with Crippen LogP contribution in [0.4, 0.5) is 0 Å². The highest BCUT2D eigenvalue weighted by atomic mass is 32.2. The minimum atomic E-state index is -0.00255. The summed E-state index contributed by atoms with van der Waals surface area (Å²) in [5.74, 6) is 0.309. The molecule has 0 aliphatic rings. The SMILES string of the molecule is CCCCN(C)C(=O)CSC(C)=O. The molecule has 0 heterocycles. The van der Waals surface area contributed by atoms with Crippen LogP contribution in [0, 0.1) is 0 Å². The van der Waals surface area contributed by atoms with Crippen LogP contribution < -0.4 is 0 Å². The summed E-state index contributed by atoms with van der Waals surface area (Å²) in [6.45, 7) is 4.35. The topological polar surface area (TPSA) is 37.4 Å². The molecule has 0 rings (SSSR count). The average molecular weight is 203 g/mol. The summed E-state index contributed by atoms with van der Waals surface area (Å²) < 4.78 is 0. The molecule has 76 valence electrons. The quantitative estimate of drug-likeness (QED) is 0.680. The number of hydrogen-bond donors (Lipinski definition) is 0. The van der Waals surface area contributed by atoms with E-state index in [4.69, 9.17) is 0 Å². The van der Waals surface area contributed by atoms with E-state index in [0.717, 1.165) is 31.1 Å². The Hall–Kier alpha value is -0.510. The molecule has 0 spiro atoms. The highest BCUT2D eigenvalue weighted by Gasteiger charge is 2.08. The minimum Gasteiger partial charge on any atom is -0.345 e. The van der Waals surface area contributed by atoms with Gasteiger partial charge in [-0.05, 0) is 6.42 Å². The fourth-order valence-corrected chi connectivity index (χ4v) is 1.34. The molecule has 3 nitrogen and oxygen atoms in total. The predicted octanol–water partition coefficient (Wildman–Crippen LogP) is 1.52. The molecule has 0 bridgehead atoms. The van der Waals surface area contributed by atoms with Gasteiger partial charge < -0.3 is 4.90 Å². The molecule has 0 radical (unpaired) electrons. The third-order valence-corrected chi connectivity index (χ3v) is 2.47. The van der Waals surface area contributed by atoms with E-state index in [1.54, 1.807) is 11.9 Å². The minimum absolute atomic E-state index is 0.00255. The molecule has 1 amide bonds. The third kappa shape index (κ3) is 6.63. The van der Waals surface area contributed by atoms with Gasteiger partial charge in [0.05, 0.1) is 5.75 Å². The molecule has 0 unspecified atom stereocenters. The summed E-state index contributed by atoms with van der Waals surface area (Å²) in [4.78, 5) is 23.6. The maximum absolute atomic E-state index is 11.3. The highest BCUT2D eigenvalue weighted by molar-refractivity contribution is 8.14. The molecule has 0 atom stereocenters. The number of rotatable bonds is 5. The highest BCUT2D eigenvalue weighted by Crippen LogP contribution is 2.03. The van der Waals surface area contributed by atoms with Gasteiger partial charge in [0.15, 0.2) is 5.12 Å². The second kappa shape index (κ2) is 6.95. The van der Waals surface area contributed by atoms with Gasteiger partial charge in [-0.15, -0.1) is 0 Å². The van der Waals surface area contributed by atoms with Gasteiger partial charge in [0.1, 0.15) is 0 Å².